The summed E-state index contributed by atoms with van der Waals surface area (Å²) < 4.78 is 10.2. The SMILES string of the molecule is COc1ccc(NC(=O)C(=O)Nc2ccccc2C#N)c(OC)c1. The number of nitrogens with zero attached hydrogens (tertiary/aromatic N) is 1. The smallest absolute Gasteiger partial charge is 0.314 e. The van der Waals surface area contributed by atoms with Gasteiger partial charge in [-0.05, 0) is 24.3 Å². The van der Waals surface area contributed by atoms with Gasteiger partial charge in [0.05, 0.1) is 31.2 Å². The second kappa shape index (κ2) is 7.65. The van der Waals surface area contributed by atoms with E-state index < -0.39 is 11.8 Å². The Bertz CT molecular complexity index is 812. The zero-order valence-corrected chi connectivity index (χ0v) is 13.1. The van der Waals surface area contributed by atoms with Crippen molar-refractivity contribution in [2.45, 2.75) is 0 Å². The second-order valence-electron chi connectivity index (χ2n) is 4.63. The average Bonchev–Trinajstić information content (AvgIpc) is 2.62. The number of anilines is 2. The molecule has 0 saturated heterocycles. The lowest BCUT2D eigenvalue weighted by atomic mass is 10.2. The number of carbonyl (C=O) groups excluding carboxylic acids is 2. The highest BCUT2D eigenvalue weighted by Gasteiger charge is 2.17. The van der Waals surface area contributed by atoms with Crippen molar-refractivity contribution in [1.82, 2.24) is 0 Å². The van der Waals surface area contributed by atoms with E-state index in [-0.39, 0.29) is 11.3 Å². The van der Waals surface area contributed by atoms with Crippen LogP contribution in [-0.2, 0) is 9.59 Å². The van der Waals surface area contributed by atoms with Crippen molar-refractivity contribution in [1.29, 1.82) is 5.26 Å². The van der Waals surface area contributed by atoms with Gasteiger partial charge in [-0.3, -0.25) is 9.59 Å². The second-order valence-corrected chi connectivity index (χ2v) is 4.63. The molecule has 0 aliphatic heterocycles. The molecule has 0 aromatic heterocycles. The lowest BCUT2D eigenvalue weighted by Crippen LogP contribution is -2.29. The van der Waals surface area contributed by atoms with Crippen LogP contribution in [0.4, 0.5) is 11.4 Å². The lowest BCUT2D eigenvalue weighted by molar-refractivity contribution is -0.133. The van der Waals surface area contributed by atoms with Crippen LogP contribution >= 0.6 is 0 Å². The van der Waals surface area contributed by atoms with E-state index in [1.165, 1.54) is 20.3 Å². The molecule has 2 N–H and O–H groups in total. The Morgan fingerprint density at radius 1 is 0.958 bits per heavy atom. The number of para-hydroxylation sites is 1. The summed E-state index contributed by atoms with van der Waals surface area (Å²) in [7, 11) is 2.95. The molecule has 24 heavy (non-hydrogen) atoms. The van der Waals surface area contributed by atoms with Crippen molar-refractivity contribution < 1.29 is 19.1 Å². The van der Waals surface area contributed by atoms with Gasteiger partial charge in [-0.15, -0.1) is 0 Å². The highest BCUT2D eigenvalue weighted by Crippen LogP contribution is 2.29. The van der Waals surface area contributed by atoms with Gasteiger partial charge in [0.25, 0.3) is 0 Å². The van der Waals surface area contributed by atoms with Crippen molar-refractivity contribution in [2.24, 2.45) is 0 Å². The van der Waals surface area contributed by atoms with Gasteiger partial charge in [0, 0.05) is 6.07 Å². The first-order valence-electron chi connectivity index (χ1n) is 6.92. The van der Waals surface area contributed by atoms with Gasteiger partial charge in [-0.2, -0.15) is 5.26 Å². The molecule has 0 bridgehead atoms. The summed E-state index contributed by atoms with van der Waals surface area (Å²) in [6, 6.07) is 13.1. The number of benzene rings is 2. The molecule has 7 nitrogen and oxygen atoms in total. The average molecular weight is 325 g/mol. The summed E-state index contributed by atoms with van der Waals surface area (Å²) in [6.07, 6.45) is 0. The number of hydrogen-bond acceptors (Lipinski definition) is 5. The third kappa shape index (κ3) is 3.81. The normalized spacial score (nSPS) is 9.54. The van der Waals surface area contributed by atoms with Crippen LogP contribution in [0.2, 0.25) is 0 Å². The first kappa shape index (κ1) is 16.8. The van der Waals surface area contributed by atoms with Crippen molar-refractivity contribution in [3.05, 3.63) is 48.0 Å². The van der Waals surface area contributed by atoms with Crippen LogP contribution in [0.1, 0.15) is 5.56 Å². The van der Waals surface area contributed by atoms with Crippen LogP contribution in [0.15, 0.2) is 42.5 Å². The number of ether oxygens (including phenoxy) is 2. The molecule has 2 rings (SSSR count). The third-order valence-corrected chi connectivity index (χ3v) is 3.16. The molecule has 0 aliphatic rings. The molecule has 0 fully saturated rings. The minimum absolute atomic E-state index is 0.265. The highest BCUT2D eigenvalue weighted by molar-refractivity contribution is 6.43. The molecule has 0 radical (unpaired) electrons. The Kier molecular flexibility index (Phi) is 5.36. The van der Waals surface area contributed by atoms with Gasteiger partial charge >= 0.3 is 11.8 Å². The van der Waals surface area contributed by atoms with Crippen LogP contribution < -0.4 is 20.1 Å². The molecule has 0 unspecified atom stereocenters. The van der Waals surface area contributed by atoms with Crippen LogP contribution in [-0.4, -0.2) is 26.0 Å². The van der Waals surface area contributed by atoms with E-state index in [1.807, 2.05) is 6.07 Å². The van der Waals surface area contributed by atoms with Gasteiger partial charge in [0.1, 0.15) is 17.6 Å². The highest BCUT2D eigenvalue weighted by atomic mass is 16.5. The monoisotopic (exact) mass is 325 g/mol. The Morgan fingerprint density at radius 2 is 1.62 bits per heavy atom. The minimum Gasteiger partial charge on any atom is -0.497 e. The maximum Gasteiger partial charge on any atom is 0.314 e. The Hall–Kier alpha value is -3.53. The predicted octanol–water partition coefficient (Wildman–Crippen LogP) is 2.15. The van der Waals surface area contributed by atoms with Crippen LogP contribution in [0, 0.1) is 11.3 Å². The first-order chi connectivity index (χ1) is 11.6. The molecule has 2 amide bonds. The zero-order valence-electron chi connectivity index (χ0n) is 13.1. The number of hydrogen-bond donors (Lipinski definition) is 2. The van der Waals surface area contributed by atoms with Crippen LogP contribution in [0.3, 0.4) is 0 Å². The molecule has 0 spiro atoms. The van der Waals surface area contributed by atoms with Gasteiger partial charge in [-0.1, -0.05) is 12.1 Å². The maximum atomic E-state index is 12.0. The summed E-state index contributed by atoms with van der Waals surface area (Å²) in [4.78, 5) is 24.1. The van der Waals surface area contributed by atoms with Crippen molar-refractivity contribution >= 4 is 23.2 Å². The van der Waals surface area contributed by atoms with E-state index in [0.29, 0.717) is 17.2 Å². The van der Waals surface area contributed by atoms with E-state index in [0.717, 1.165) is 0 Å². The molecule has 7 heteroatoms. The van der Waals surface area contributed by atoms with Crippen LogP contribution in [0.25, 0.3) is 0 Å². The van der Waals surface area contributed by atoms with E-state index in [9.17, 15) is 9.59 Å². The van der Waals surface area contributed by atoms with Crippen LogP contribution in [0.5, 0.6) is 11.5 Å². The summed E-state index contributed by atoms with van der Waals surface area (Å²) in [6.45, 7) is 0. The van der Waals surface area contributed by atoms with Crippen molar-refractivity contribution in [3.8, 4) is 17.6 Å². The molecule has 2 aromatic carbocycles. The van der Waals surface area contributed by atoms with Gasteiger partial charge in [-0.25, -0.2) is 0 Å². The molecule has 0 heterocycles. The Morgan fingerprint density at radius 3 is 2.25 bits per heavy atom. The summed E-state index contributed by atoms with van der Waals surface area (Å²) >= 11 is 0. The molecular weight excluding hydrogens is 310 g/mol. The standard InChI is InChI=1S/C17H15N3O4/c1-23-12-7-8-14(15(9-12)24-2)20-17(22)16(21)19-13-6-4-3-5-11(13)10-18/h3-9H,1-2H3,(H,19,21)(H,20,22). The molecular formula is C17H15N3O4. The molecule has 122 valence electrons. The third-order valence-electron chi connectivity index (χ3n) is 3.16. The largest absolute Gasteiger partial charge is 0.497 e. The lowest BCUT2D eigenvalue weighted by Gasteiger charge is -2.12. The van der Waals surface area contributed by atoms with Crippen molar-refractivity contribution in [3.63, 3.8) is 0 Å². The van der Waals surface area contributed by atoms with E-state index in [1.54, 1.807) is 36.4 Å². The molecule has 0 atom stereocenters. The van der Waals surface area contributed by atoms with Gasteiger partial charge in [0.15, 0.2) is 0 Å². The number of nitrogens with one attached hydrogen (secondary N) is 2. The predicted molar refractivity (Wildman–Crippen MR) is 88.0 cm³/mol. The Balaban J connectivity index is 2.12. The summed E-state index contributed by atoms with van der Waals surface area (Å²) in [5.74, 6) is -0.869. The van der Waals surface area contributed by atoms with Crippen molar-refractivity contribution in [2.75, 3.05) is 24.9 Å². The van der Waals surface area contributed by atoms with Gasteiger partial charge < -0.3 is 20.1 Å². The minimum atomic E-state index is -0.893. The number of carbonyl (C=O) groups is 2. The molecule has 0 aliphatic carbocycles. The first-order valence-corrected chi connectivity index (χ1v) is 6.92. The number of rotatable bonds is 4. The zero-order chi connectivity index (χ0) is 17.5. The summed E-state index contributed by atoms with van der Waals surface area (Å²) in [5, 5.41) is 13.9. The number of methoxy groups -OCH3 is 2. The quantitative estimate of drug-likeness (QED) is 0.839. The van der Waals surface area contributed by atoms with Gasteiger partial charge in [0.2, 0.25) is 0 Å². The van der Waals surface area contributed by atoms with E-state index in [4.69, 9.17) is 14.7 Å². The fraction of sp³-hybridized carbons (Fsp3) is 0.118. The number of amides is 2. The number of nitriles is 1. The van der Waals surface area contributed by atoms with E-state index in [2.05, 4.69) is 10.6 Å². The topological polar surface area (TPSA) is 100 Å². The summed E-state index contributed by atoms with van der Waals surface area (Å²) in [5.41, 5.74) is 0.856. The Labute approximate surface area is 138 Å². The fourth-order valence-electron chi connectivity index (χ4n) is 1.95. The maximum absolute atomic E-state index is 12.0. The molecule has 2 aromatic rings. The molecule has 0 saturated carbocycles. The fourth-order valence-corrected chi connectivity index (χ4v) is 1.95. The van der Waals surface area contributed by atoms with E-state index >= 15 is 0 Å².